The first-order valence-electron chi connectivity index (χ1n) is 7.95. The standard InChI is InChI=1S/C19H17ClN2O3S/c1-3-22-18(24)16(26-19(22)21-13-7-5-4-6-8-13)11-12-9-14(20)17(23)15(10-12)25-2/h4-11,23H,3H2,1-2H3. The molecule has 0 bridgehead atoms. The summed E-state index contributed by atoms with van der Waals surface area (Å²) in [6.07, 6.45) is 1.72. The lowest BCUT2D eigenvalue weighted by Gasteiger charge is -2.11. The van der Waals surface area contributed by atoms with E-state index in [1.54, 1.807) is 23.1 Å². The Morgan fingerprint density at radius 2 is 2.04 bits per heavy atom. The zero-order valence-electron chi connectivity index (χ0n) is 14.3. The van der Waals surface area contributed by atoms with Crippen molar-refractivity contribution >= 4 is 46.2 Å². The third-order valence-electron chi connectivity index (χ3n) is 3.75. The van der Waals surface area contributed by atoms with Gasteiger partial charge >= 0.3 is 0 Å². The summed E-state index contributed by atoms with van der Waals surface area (Å²) in [5.41, 5.74) is 1.45. The molecular formula is C19H17ClN2O3S. The summed E-state index contributed by atoms with van der Waals surface area (Å²) in [5, 5.41) is 10.6. The van der Waals surface area contributed by atoms with E-state index in [1.165, 1.54) is 18.9 Å². The Labute approximate surface area is 160 Å². The second-order valence-corrected chi connectivity index (χ2v) is 6.86. The number of amidine groups is 1. The van der Waals surface area contributed by atoms with Gasteiger partial charge in [-0.3, -0.25) is 9.69 Å². The highest BCUT2D eigenvalue weighted by atomic mass is 35.5. The predicted octanol–water partition coefficient (Wildman–Crippen LogP) is 4.68. The maximum Gasteiger partial charge on any atom is 0.266 e. The number of thioether (sulfide) groups is 1. The number of rotatable bonds is 4. The van der Waals surface area contributed by atoms with Crippen LogP contribution in [0.25, 0.3) is 6.08 Å². The number of aliphatic imine (C=N–C) groups is 1. The van der Waals surface area contributed by atoms with Crippen LogP contribution in [-0.4, -0.2) is 34.7 Å². The van der Waals surface area contributed by atoms with Crippen molar-refractivity contribution in [1.82, 2.24) is 4.90 Å². The van der Waals surface area contributed by atoms with Gasteiger partial charge in [0.2, 0.25) is 0 Å². The number of likely N-dealkylation sites (N-methyl/N-ethyl adjacent to an activating group) is 1. The van der Waals surface area contributed by atoms with Gasteiger partial charge in [0, 0.05) is 6.54 Å². The fraction of sp³-hybridized carbons (Fsp3) is 0.158. The Morgan fingerprint density at radius 3 is 2.69 bits per heavy atom. The molecule has 1 aliphatic rings. The lowest BCUT2D eigenvalue weighted by atomic mass is 10.2. The molecule has 0 aliphatic carbocycles. The number of hydrogen-bond acceptors (Lipinski definition) is 5. The van der Waals surface area contributed by atoms with Crippen LogP contribution >= 0.6 is 23.4 Å². The van der Waals surface area contributed by atoms with Gasteiger partial charge in [-0.25, -0.2) is 4.99 Å². The number of carbonyl (C=O) groups excluding carboxylic acids is 1. The van der Waals surface area contributed by atoms with Gasteiger partial charge in [0.15, 0.2) is 16.7 Å². The Hall–Kier alpha value is -2.44. The molecule has 1 amide bonds. The first kappa shape index (κ1) is 18.4. The van der Waals surface area contributed by atoms with Crippen LogP contribution in [-0.2, 0) is 4.79 Å². The number of benzene rings is 2. The Morgan fingerprint density at radius 1 is 1.31 bits per heavy atom. The summed E-state index contributed by atoms with van der Waals surface area (Å²) in [4.78, 5) is 19.4. The maximum absolute atomic E-state index is 12.7. The zero-order valence-corrected chi connectivity index (χ0v) is 15.8. The lowest BCUT2D eigenvalue weighted by molar-refractivity contribution is -0.122. The van der Waals surface area contributed by atoms with Gasteiger partial charge in [-0.15, -0.1) is 0 Å². The number of nitrogens with zero attached hydrogens (tertiary/aromatic N) is 2. The number of amides is 1. The molecule has 26 heavy (non-hydrogen) atoms. The van der Waals surface area contributed by atoms with E-state index in [0.717, 1.165) is 5.69 Å². The highest BCUT2D eigenvalue weighted by molar-refractivity contribution is 8.18. The van der Waals surface area contributed by atoms with Crippen LogP contribution in [0, 0.1) is 0 Å². The van der Waals surface area contributed by atoms with Gasteiger partial charge in [-0.1, -0.05) is 29.8 Å². The Balaban J connectivity index is 1.97. The highest BCUT2D eigenvalue weighted by Crippen LogP contribution is 2.38. The Kier molecular flexibility index (Phi) is 5.54. The topological polar surface area (TPSA) is 62.1 Å². The van der Waals surface area contributed by atoms with E-state index in [4.69, 9.17) is 16.3 Å². The molecule has 0 aromatic heterocycles. The van der Waals surface area contributed by atoms with Crippen LogP contribution < -0.4 is 4.74 Å². The van der Waals surface area contributed by atoms with Crippen LogP contribution in [0.2, 0.25) is 5.02 Å². The summed E-state index contributed by atoms with van der Waals surface area (Å²) in [6.45, 7) is 2.43. The van der Waals surface area contributed by atoms with Crippen molar-refractivity contribution in [2.45, 2.75) is 6.92 Å². The van der Waals surface area contributed by atoms with Gasteiger partial charge in [0.25, 0.3) is 5.91 Å². The van der Waals surface area contributed by atoms with E-state index in [9.17, 15) is 9.90 Å². The first-order chi connectivity index (χ1) is 12.5. The molecule has 134 valence electrons. The molecule has 1 saturated heterocycles. The smallest absolute Gasteiger partial charge is 0.266 e. The van der Waals surface area contributed by atoms with E-state index in [2.05, 4.69) is 4.99 Å². The minimum absolute atomic E-state index is 0.115. The molecule has 2 aromatic rings. The minimum atomic E-state index is -0.122. The van der Waals surface area contributed by atoms with Crippen molar-refractivity contribution in [2.24, 2.45) is 4.99 Å². The number of carbonyl (C=O) groups is 1. The largest absolute Gasteiger partial charge is 0.503 e. The van der Waals surface area contributed by atoms with E-state index < -0.39 is 0 Å². The van der Waals surface area contributed by atoms with Crippen LogP contribution in [0.4, 0.5) is 5.69 Å². The third kappa shape index (κ3) is 3.71. The highest BCUT2D eigenvalue weighted by Gasteiger charge is 2.32. The number of aromatic hydroxyl groups is 1. The SMILES string of the molecule is CCN1C(=O)C(=Cc2cc(Cl)c(O)c(OC)c2)SC1=Nc1ccccc1. The molecule has 0 spiro atoms. The maximum atomic E-state index is 12.7. The van der Waals surface area contributed by atoms with Crippen molar-refractivity contribution in [3.8, 4) is 11.5 Å². The van der Waals surface area contributed by atoms with Crippen LogP contribution in [0.3, 0.4) is 0 Å². The molecule has 0 radical (unpaired) electrons. The molecular weight excluding hydrogens is 372 g/mol. The average molecular weight is 389 g/mol. The molecule has 7 heteroatoms. The summed E-state index contributed by atoms with van der Waals surface area (Å²) < 4.78 is 5.11. The number of phenols is 1. The zero-order chi connectivity index (χ0) is 18.7. The van der Waals surface area contributed by atoms with Crippen molar-refractivity contribution in [1.29, 1.82) is 0 Å². The monoisotopic (exact) mass is 388 g/mol. The van der Waals surface area contributed by atoms with E-state index >= 15 is 0 Å². The number of ether oxygens (including phenoxy) is 1. The molecule has 0 saturated carbocycles. The van der Waals surface area contributed by atoms with E-state index in [0.29, 0.717) is 22.2 Å². The number of hydrogen-bond donors (Lipinski definition) is 1. The fourth-order valence-electron chi connectivity index (χ4n) is 2.47. The number of phenolic OH excluding ortho intramolecular Hbond substituents is 1. The van der Waals surface area contributed by atoms with E-state index in [1.807, 2.05) is 37.3 Å². The van der Waals surface area contributed by atoms with Crippen molar-refractivity contribution in [3.63, 3.8) is 0 Å². The normalized spacial score (nSPS) is 17.3. The van der Waals surface area contributed by atoms with Gasteiger partial charge in [-0.2, -0.15) is 0 Å². The molecule has 0 atom stereocenters. The van der Waals surface area contributed by atoms with Crippen LogP contribution in [0.15, 0.2) is 52.4 Å². The Bertz CT molecular complexity index is 897. The average Bonchev–Trinajstić information content (AvgIpc) is 2.93. The van der Waals surface area contributed by atoms with Crippen LogP contribution in [0.1, 0.15) is 12.5 Å². The van der Waals surface area contributed by atoms with Crippen molar-refractivity contribution < 1.29 is 14.6 Å². The quantitative estimate of drug-likeness (QED) is 0.772. The number of halogens is 1. The number of para-hydroxylation sites is 1. The van der Waals surface area contributed by atoms with Gasteiger partial charge in [-0.05, 0) is 54.6 Å². The molecule has 3 rings (SSSR count). The molecule has 1 N–H and O–H groups in total. The van der Waals surface area contributed by atoms with Gasteiger partial charge in [0.1, 0.15) is 0 Å². The second kappa shape index (κ2) is 7.85. The second-order valence-electron chi connectivity index (χ2n) is 5.44. The summed E-state index contributed by atoms with van der Waals surface area (Å²) in [7, 11) is 1.45. The summed E-state index contributed by atoms with van der Waals surface area (Å²) >= 11 is 7.33. The molecule has 1 fully saturated rings. The molecule has 5 nitrogen and oxygen atoms in total. The van der Waals surface area contributed by atoms with Crippen LogP contribution in [0.5, 0.6) is 11.5 Å². The molecule has 2 aromatic carbocycles. The fourth-order valence-corrected chi connectivity index (χ4v) is 3.75. The third-order valence-corrected chi connectivity index (χ3v) is 5.05. The molecule has 1 aliphatic heterocycles. The summed E-state index contributed by atoms with van der Waals surface area (Å²) in [6, 6.07) is 12.7. The van der Waals surface area contributed by atoms with E-state index in [-0.39, 0.29) is 22.4 Å². The number of methoxy groups -OCH3 is 1. The van der Waals surface area contributed by atoms with Crippen molar-refractivity contribution in [2.75, 3.05) is 13.7 Å². The molecule has 0 unspecified atom stereocenters. The van der Waals surface area contributed by atoms with Gasteiger partial charge < -0.3 is 9.84 Å². The van der Waals surface area contributed by atoms with Gasteiger partial charge in [0.05, 0.1) is 22.7 Å². The summed E-state index contributed by atoms with van der Waals surface area (Å²) in [5.74, 6) is 0.0175. The molecule has 1 heterocycles. The first-order valence-corrected chi connectivity index (χ1v) is 9.14. The van der Waals surface area contributed by atoms with Crippen molar-refractivity contribution in [3.05, 3.63) is 58.0 Å². The predicted molar refractivity (Wildman–Crippen MR) is 106 cm³/mol. The minimum Gasteiger partial charge on any atom is -0.503 e. The lowest BCUT2D eigenvalue weighted by Crippen LogP contribution is -2.28.